The summed E-state index contributed by atoms with van der Waals surface area (Å²) in [5.41, 5.74) is 2.60. The Balaban J connectivity index is 2.15. The van der Waals surface area contributed by atoms with Crippen molar-refractivity contribution in [2.75, 3.05) is 0 Å². The van der Waals surface area contributed by atoms with Gasteiger partial charge in [-0.15, -0.1) is 0 Å². The van der Waals surface area contributed by atoms with E-state index >= 15 is 0 Å². The molecule has 0 aliphatic rings. The van der Waals surface area contributed by atoms with E-state index in [9.17, 15) is 0 Å². The van der Waals surface area contributed by atoms with E-state index < -0.39 is 8.07 Å². The van der Waals surface area contributed by atoms with Crippen molar-refractivity contribution in [2.45, 2.75) is 13.1 Å². The molecule has 0 spiro atoms. The first kappa shape index (κ1) is 15.5. The molecule has 3 aromatic rings. The van der Waals surface area contributed by atoms with Crippen molar-refractivity contribution in [3.05, 3.63) is 102 Å². The minimum absolute atomic E-state index is 1.27. The molecule has 114 valence electrons. The molecule has 0 unspecified atom stereocenters. The lowest BCUT2D eigenvalue weighted by Gasteiger charge is -2.27. The molecule has 23 heavy (non-hydrogen) atoms. The topological polar surface area (TPSA) is 0 Å². The van der Waals surface area contributed by atoms with E-state index in [1.807, 2.05) is 0 Å². The Labute approximate surface area is 140 Å². The predicted molar refractivity (Wildman–Crippen MR) is 104 cm³/mol. The van der Waals surface area contributed by atoms with Crippen LogP contribution in [0.1, 0.15) is 11.1 Å². The van der Waals surface area contributed by atoms with Crippen LogP contribution in [0.5, 0.6) is 0 Å². The standard InChI is InChI=1S/C22H22Si/c1-23(2,21-16-10-5-11-17-21)22(20-14-8-4-9-15-20)18-19-12-6-3-7-13-19/h3-18H,1-2H3. The Morgan fingerprint density at radius 1 is 0.652 bits per heavy atom. The molecule has 0 amide bonds. The smallest absolute Gasteiger partial charge is 0.0626 e. The van der Waals surface area contributed by atoms with Gasteiger partial charge in [0.2, 0.25) is 0 Å². The lowest BCUT2D eigenvalue weighted by Crippen LogP contribution is -2.42. The molecule has 0 nitrogen and oxygen atoms in total. The average molecular weight is 315 g/mol. The van der Waals surface area contributed by atoms with Crippen LogP contribution in [0.4, 0.5) is 0 Å². The zero-order valence-corrected chi connectivity index (χ0v) is 14.7. The molecule has 0 atom stereocenters. The molecule has 0 fully saturated rings. The van der Waals surface area contributed by atoms with Gasteiger partial charge in [0.15, 0.2) is 0 Å². The van der Waals surface area contributed by atoms with Gasteiger partial charge in [0.05, 0.1) is 0 Å². The van der Waals surface area contributed by atoms with Crippen molar-refractivity contribution >= 4 is 24.5 Å². The van der Waals surface area contributed by atoms with Gasteiger partial charge in [-0.2, -0.15) is 0 Å². The Hall–Kier alpha value is -2.38. The summed E-state index contributed by atoms with van der Waals surface area (Å²) < 4.78 is 0. The van der Waals surface area contributed by atoms with E-state index in [1.54, 1.807) is 0 Å². The van der Waals surface area contributed by atoms with E-state index in [2.05, 4.69) is 110 Å². The predicted octanol–water partition coefficient (Wildman–Crippen LogP) is 5.38. The molecule has 0 aromatic heterocycles. The van der Waals surface area contributed by atoms with E-state index in [0.717, 1.165) is 0 Å². The van der Waals surface area contributed by atoms with Crippen LogP contribution >= 0.6 is 0 Å². The van der Waals surface area contributed by atoms with Crippen LogP contribution in [-0.2, 0) is 0 Å². The van der Waals surface area contributed by atoms with Crippen molar-refractivity contribution < 1.29 is 0 Å². The van der Waals surface area contributed by atoms with Gasteiger partial charge in [-0.05, 0) is 16.3 Å². The van der Waals surface area contributed by atoms with Gasteiger partial charge in [-0.1, -0.05) is 115 Å². The number of hydrogen-bond donors (Lipinski definition) is 0. The third-order valence-corrected chi connectivity index (χ3v) is 7.92. The van der Waals surface area contributed by atoms with Gasteiger partial charge in [-0.25, -0.2) is 0 Å². The highest BCUT2D eigenvalue weighted by Crippen LogP contribution is 2.28. The Morgan fingerprint density at radius 3 is 1.70 bits per heavy atom. The molecule has 0 bridgehead atoms. The largest absolute Gasteiger partial charge is 0.113 e. The molecule has 0 N–H and O–H groups in total. The summed E-state index contributed by atoms with van der Waals surface area (Å²) >= 11 is 0. The minimum Gasteiger partial charge on any atom is -0.0626 e. The van der Waals surface area contributed by atoms with Crippen LogP contribution in [0.2, 0.25) is 13.1 Å². The molecule has 3 rings (SSSR count). The normalized spacial score (nSPS) is 12.2. The molecule has 1 heteroatoms. The lowest BCUT2D eigenvalue weighted by molar-refractivity contribution is 1.61. The first-order chi connectivity index (χ1) is 11.2. The van der Waals surface area contributed by atoms with Crippen LogP contribution in [0, 0.1) is 0 Å². The van der Waals surface area contributed by atoms with Crippen LogP contribution in [-0.4, -0.2) is 8.07 Å². The van der Waals surface area contributed by atoms with Crippen molar-refractivity contribution in [2.24, 2.45) is 0 Å². The van der Waals surface area contributed by atoms with Crippen LogP contribution in [0.15, 0.2) is 91.0 Å². The van der Waals surface area contributed by atoms with Crippen molar-refractivity contribution in [3.63, 3.8) is 0 Å². The van der Waals surface area contributed by atoms with Gasteiger partial charge in [0.25, 0.3) is 0 Å². The van der Waals surface area contributed by atoms with Gasteiger partial charge in [0.1, 0.15) is 8.07 Å². The zero-order chi connectivity index (χ0) is 16.1. The molecule has 0 aliphatic carbocycles. The summed E-state index contributed by atoms with van der Waals surface area (Å²) in [6, 6.07) is 32.4. The van der Waals surface area contributed by atoms with Crippen molar-refractivity contribution in [1.29, 1.82) is 0 Å². The SMILES string of the molecule is C[Si](C)(C(=Cc1ccccc1)c1ccccc1)c1ccccc1. The fraction of sp³-hybridized carbons (Fsp3) is 0.0909. The van der Waals surface area contributed by atoms with Crippen molar-refractivity contribution in [3.8, 4) is 0 Å². The summed E-state index contributed by atoms with van der Waals surface area (Å²) in [7, 11) is -1.77. The fourth-order valence-corrected chi connectivity index (χ4v) is 5.72. The maximum Gasteiger partial charge on any atom is 0.113 e. The van der Waals surface area contributed by atoms with E-state index in [4.69, 9.17) is 0 Å². The molecule has 3 aromatic carbocycles. The third kappa shape index (κ3) is 3.52. The van der Waals surface area contributed by atoms with E-state index in [-0.39, 0.29) is 0 Å². The second-order valence-corrected chi connectivity index (χ2v) is 10.7. The number of hydrogen-bond acceptors (Lipinski definition) is 0. The van der Waals surface area contributed by atoms with Crippen LogP contribution in [0.25, 0.3) is 11.3 Å². The Bertz CT molecular complexity index is 772. The summed E-state index contributed by atoms with van der Waals surface area (Å²) in [5.74, 6) is 0. The van der Waals surface area contributed by atoms with Gasteiger partial charge < -0.3 is 0 Å². The maximum atomic E-state index is 2.43. The summed E-state index contributed by atoms with van der Waals surface area (Å²) in [6.07, 6.45) is 2.37. The van der Waals surface area contributed by atoms with Gasteiger partial charge >= 0.3 is 0 Å². The second kappa shape index (κ2) is 6.80. The van der Waals surface area contributed by atoms with Crippen LogP contribution in [0.3, 0.4) is 0 Å². The van der Waals surface area contributed by atoms with Crippen molar-refractivity contribution in [1.82, 2.24) is 0 Å². The minimum atomic E-state index is -1.77. The molecular weight excluding hydrogens is 292 g/mol. The Morgan fingerprint density at radius 2 is 1.13 bits per heavy atom. The second-order valence-electron chi connectivity index (χ2n) is 6.33. The van der Waals surface area contributed by atoms with E-state index in [0.29, 0.717) is 0 Å². The molecule has 0 saturated heterocycles. The molecule has 0 aliphatic heterocycles. The maximum absolute atomic E-state index is 2.43. The first-order valence-electron chi connectivity index (χ1n) is 8.06. The quantitative estimate of drug-likeness (QED) is 0.448. The molecule has 0 saturated carbocycles. The zero-order valence-electron chi connectivity index (χ0n) is 13.7. The summed E-state index contributed by atoms with van der Waals surface area (Å²) in [5, 5.41) is 2.93. The monoisotopic (exact) mass is 314 g/mol. The highest BCUT2D eigenvalue weighted by molar-refractivity contribution is 7.05. The number of rotatable bonds is 4. The third-order valence-electron chi connectivity index (χ3n) is 4.36. The van der Waals surface area contributed by atoms with E-state index in [1.165, 1.54) is 21.5 Å². The fourth-order valence-electron chi connectivity index (χ4n) is 2.97. The average Bonchev–Trinajstić information content (AvgIpc) is 2.62. The highest BCUT2D eigenvalue weighted by atomic mass is 28.3. The first-order valence-corrected chi connectivity index (χ1v) is 11.1. The summed E-state index contributed by atoms with van der Waals surface area (Å²) in [4.78, 5) is 0. The molecular formula is C22H22Si. The summed E-state index contributed by atoms with van der Waals surface area (Å²) in [6.45, 7) is 4.87. The molecule has 0 heterocycles. The highest BCUT2D eigenvalue weighted by Gasteiger charge is 2.29. The van der Waals surface area contributed by atoms with Crippen LogP contribution < -0.4 is 5.19 Å². The Kier molecular flexibility index (Phi) is 4.59. The molecule has 0 radical (unpaired) electrons. The number of benzene rings is 3. The van der Waals surface area contributed by atoms with Gasteiger partial charge in [0, 0.05) is 0 Å². The van der Waals surface area contributed by atoms with Gasteiger partial charge in [-0.3, -0.25) is 0 Å². The lowest BCUT2D eigenvalue weighted by atomic mass is 10.1.